The zero-order chi connectivity index (χ0) is 12.3. The molecule has 0 atom stereocenters. The third kappa shape index (κ3) is 3.20. The van der Waals surface area contributed by atoms with Crippen molar-refractivity contribution in [3.05, 3.63) is 29.8 Å². The van der Waals surface area contributed by atoms with E-state index >= 15 is 0 Å². The van der Waals surface area contributed by atoms with Crippen LogP contribution in [0.3, 0.4) is 0 Å². The summed E-state index contributed by atoms with van der Waals surface area (Å²) in [5, 5.41) is 12.8. The Balaban J connectivity index is 1.98. The molecule has 0 spiro atoms. The Labute approximate surface area is 101 Å². The molecule has 0 unspecified atom stereocenters. The molecule has 1 aromatic carbocycles. The van der Waals surface area contributed by atoms with Gasteiger partial charge in [-0.2, -0.15) is 0 Å². The number of nitrogens with one attached hydrogen (secondary N) is 1. The second-order valence-corrected chi connectivity index (χ2v) is 4.59. The molecule has 4 nitrogen and oxygen atoms in total. The fourth-order valence-corrected chi connectivity index (χ4v) is 2.22. The Hall–Kier alpha value is -1.55. The standard InChI is InChI=1S/C13H18N2O2/c14-13(17)9-2-1-3-11(8-9)15-10-4-6-12(16)7-5-10/h1-3,8,10,12,15-16H,4-7H2,(H2,14,17). The van der Waals surface area contributed by atoms with Crippen LogP contribution in [0.5, 0.6) is 0 Å². The first kappa shape index (κ1) is 11.9. The Morgan fingerprint density at radius 3 is 2.65 bits per heavy atom. The van der Waals surface area contributed by atoms with Crippen molar-refractivity contribution < 1.29 is 9.90 Å². The van der Waals surface area contributed by atoms with Gasteiger partial charge in [0, 0.05) is 17.3 Å². The van der Waals surface area contributed by atoms with E-state index < -0.39 is 5.91 Å². The lowest BCUT2D eigenvalue weighted by atomic mass is 9.93. The minimum atomic E-state index is -0.410. The summed E-state index contributed by atoms with van der Waals surface area (Å²) in [6, 6.07) is 7.60. The van der Waals surface area contributed by atoms with Gasteiger partial charge in [-0.3, -0.25) is 4.79 Å². The zero-order valence-corrected chi connectivity index (χ0v) is 9.73. The average molecular weight is 234 g/mol. The maximum absolute atomic E-state index is 11.0. The van der Waals surface area contributed by atoms with Gasteiger partial charge in [-0.1, -0.05) is 6.07 Å². The smallest absolute Gasteiger partial charge is 0.248 e. The van der Waals surface area contributed by atoms with Crippen molar-refractivity contribution in [2.75, 3.05) is 5.32 Å². The summed E-state index contributed by atoms with van der Waals surface area (Å²) in [5.74, 6) is -0.410. The third-order valence-electron chi connectivity index (χ3n) is 3.21. The second-order valence-electron chi connectivity index (χ2n) is 4.59. The molecule has 17 heavy (non-hydrogen) atoms. The molecule has 1 aliphatic carbocycles. The first-order chi connectivity index (χ1) is 8.15. The van der Waals surface area contributed by atoms with Gasteiger partial charge in [-0.05, 0) is 43.9 Å². The molecule has 4 heteroatoms. The van der Waals surface area contributed by atoms with Crippen LogP contribution in [-0.2, 0) is 0 Å². The maximum Gasteiger partial charge on any atom is 0.248 e. The van der Waals surface area contributed by atoms with Crippen LogP contribution in [0.1, 0.15) is 36.0 Å². The molecule has 0 aliphatic heterocycles. The van der Waals surface area contributed by atoms with Crippen LogP contribution in [0.25, 0.3) is 0 Å². The number of anilines is 1. The van der Waals surface area contributed by atoms with E-state index in [1.54, 1.807) is 12.1 Å². The largest absolute Gasteiger partial charge is 0.393 e. The normalized spacial score (nSPS) is 24.3. The molecule has 2 rings (SSSR count). The van der Waals surface area contributed by atoms with Gasteiger partial charge in [-0.15, -0.1) is 0 Å². The molecule has 1 aliphatic rings. The number of nitrogens with two attached hydrogens (primary N) is 1. The van der Waals surface area contributed by atoms with Gasteiger partial charge < -0.3 is 16.2 Å². The maximum atomic E-state index is 11.0. The second kappa shape index (κ2) is 5.19. The molecule has 1 fully saturated rings. The SMILES string of the molecule is NC(=O)c1cccc(NC2CCC(O)CC2)c1. The summed E-state index contributed by atoms with van der Waals surface area (Å²) in [6.07, 6.45) is 3.45. The van der Waals surface area contributed by atoms with Crippen molar-refractivity contribution >= 4 is 11.6 Å². The minimum absolute atomic E-state index is 0.148. The lowest BCUT2D eigenvalue weighted by molar-refractivity contribution is 0.100. The molecule has 1 amide bonds. The average Bonchev–Trinajstić information content (AvgIpc) is 2.32. The molecule has 0 bridgehead atoms. The van der Waals surface area contributed by atoms with Crippen LogP contribution in [0.15, 0.2) is 24.3 Å². The number of hydrogen-bond acceptors (Lipinski definition) is 3. The number of aliphatic hydroxyl groups excluding tert-OH is 1. The number of hydrogen-bond donors (Lipinski definition) is 3. The van der Waals surface area contributed by atoms with Crippen molar-refractivity contribution in [2.45, 2.75) is 37.8 Å². The van der Waals surface area contributed by atoms with E-state index in [1.165, 1.54) is 0 Å². The fraction of sp³-hybridized carbons (Fsp3) is 0.462. The van der Waals surface area contributed by atoms with Crippen LogP contribution in [0.2, 0.25) is 0 Å². The summed E-state index contributed by atoms with van der Waals surface area (Å²) >= 11 is 0. The van der Waals surface area contributed by atoms with E-state index in [0.717, 1.165) is 31.4 Å². The summed E-state index contributed by atoms with van der Waals surface area (Å²) in [6.45, 7) is 0. The quantitative estimate of drug-likeness (QED) is 0.742. The lowest BCUT2D eigenvalue weighted by Crippen LogP contribution is -2.28. The van der Waals surface area contributed by atoms with Gasteiger partial charge in [0.05, 0.1) is 6.10 Å². The predicted octanol–water partition coefficient (Wildman–Crippen LogP) is 1.50. The van der Waals surface area contributed by atoms with Crippen molar-refractivity contribution in [2.24, 2.45) is 5.73 Å². The Kier molecular flexibility index (Phi) is 3.64. The number of primary amides is 1. The summed E-state index contributed by atoms with van der Waals surface area (Å²) in [4.78, 5) is 11.0. The van der Waals surface area contributed by atoms with Crippen molar-refractivity contribution in [1.82, 2.24) is 0 Å². The molecule has 0 radical (unpaired) electrons. The molecular formula is C13H18N2O2. The first-order valence-electron chi connectivity index (χ1n) is 5.99. The van der Waals surface area contributed by atoms with E-state index in [2.05, 4.69) is 5.32 Å². The number of rotatable bonds is 3. The van der Waals surface area contributed by atoms with Gasteiger partial charge in [0.25, 0.3) is 0 Å². The van der Waals surface area contributed by atoms with Crippen molar-refractivity contribution in [1.29, 1.82) is 0 Å². The highest BCUT2D eigenvalue weighted by Crippen LogP contribution is 2.22. The topological polar surface area (TPSA) is 75.4 Å². The Morgan fingerprint density at radius 2 is 2.00 bits per heavy atom. The van der Waals surface area contributed by atoms with Crippen LogP contribution in [0, 0.1) is 0 Å². The van der Waals surface area contributed by atoms with E-state index in [9.17, 15) is 9.90 Å². The van der Waals surface area contributed by atoms with E-state index in [-0.39, 0.29) is 6.10 Å². The predicted molar refractivity (Wildman–Crippen MR) is 66.8 cm³/mol. The number of carbonyl (C=O) groups excluding carboxylic acids is 1. The van der Waals surface area contributed by atoms with E-state index in [1.807, 2.05) is 12.1 Å². The molecule has 1 aromatic rings. The Bertz CT molecular complexity index is 398. The monoisotopic (exact) mass is 234 g/mol. The van der Waals surface area contributed by atoms with Gasteiger partial charge in [0.1, 0.15) is 0 Å². The number of amides is 1. The van der Waals surface area contributed by atoms with Gasteiger partial charge in [0.2, 0.25) is 5.91 Å². The summed E-state index contributed by atoms with van der Waals surface area (Å²) in [5.41, 5.74) is 6.67. The molecule has 92 valence electrons. The van der Waals surface area contributed by atoms with Crippen LogP contribution in [0.4, 0.5) is 5.69 Å². The molecule has 0 saturated heterocycles. The zero-order valence-electron chi connectivity index (χ0n) is 9.73. The molecule has 4 N–H and O–H groups in total. The summed E-state index contributed by atoms with van der Waals surface area (Å²) in [7, 11) is 0. The van der Waals surface area contributed by atoms with E-state index in [0.29, 0.717) is 11.6 Å². The highest BCUT2D eigenvalue weighted by Gasteiger charge is 2.19. The lowest BCUT2D eigenvalue weighted by Gasteiger charge is -2.27. The van der Waals surface area contributed by atoms with Crippen molar-refractivity contribution in [3.63, 3.8) is 0 Å². The van der Waals surface area contributed by atoms with Crippen LogP contribution < -0.4 is 11.1 Å². The summed E-state index contributed by atoms with van der Waals surface area (Å²) < 4.78 is 0. The minimum Gasteiger partial charge on any atom is -0.393 e. The first-order valence-corrected chi connectivity index (χ1v) is 5.99. The number of carbonyl (C=O) groups is 1. The van der Waals surface area contributed by atoms with Crippen molar-refractivity contribution in [3.8, 4) is 0 Å². The Morgan fingerprint density at radius 1 is 1.29 bits per heavy atom. The van der Waals surface area contributed by atoms with Gasteiger partial charge in [-0.25, -0.2) is 0 Å². The van der Waals surface area contributed by atoms with Gasteiger partial charge >= 0.3 is 0 Å². The highest BCUT2D eigenvalue weighted by molar-refractivity contribution is 5.93. The van der Waals surface area contributed by atoms with E-state index in [4.69, 9.17) is 5.73 Å². The third-order valence-corrected chi connectivity index (χ3v) is 3.21. The molecule has 0 heterocycles. The number of aliphatic hydroxyl groups is 1. The molecule has 0 aromatic heterocycles. The fourth-order valence-electron chi connectivity index (χ4n) is 2.22. The molecular weight excluding hydrogens is 216 g/mol. The highest BCUT2D eigenvalue weighted by atomic mass is 16.3. The molecule has 1 saturated carbocycles. The number of benzene rings is 1. The van der Waals surface area contributed by atoms with Crippen LogP contribution in [-0.4, -0.2) is 23.2 Å². The van der Waals surface area contributed by atoms with Crippen LogP contribution >= 0.6 is 0 Å². The van der Waals surface area contributed by atoms with Gasteiger partial charge in [0.15, 0.2) is 0 Å².